The van der Waals surface area contributed by atoms with E-state index in [-0.39, 0.29) is 18.0 Å². The van der Waals surface area contributed by atoms with Gasteiger partial charge < -0.3 is 24.7 Å². The van der Waals surface area contributed by atoms with Crippen molar-refractivity contribution in [1.29, 1.82) is 0 Å². The number of carbonyl (C=O) groups excluding carboxylic acids is 1. The molecule has 0 spiro atoms. The third-order valence-electron chi connectivity index (χ3n) is 6.97. The van der Waals surface area contributed by atoms with Crippen LogP contribution < -0.4 is 4.74 Å². The number of hydrogen-bond donors (Lipinski definition) is 0. The van der Waals surface area contributed by atoms with Crippen LogP contribution in [0.4, 0.5) is 0 Å². The molecule has 0 radical (unpaired) electrons. The summed E-state index contributed by atoms with van der Waals surface area (Å²) in [7, 11) is 6.18. The highest BCUT2D eigenvalue weighted by molar-refractivity contribution is 7.82. The minimum absolute atomic E-state index is 0. The number of carbonyl (C=O) groups is 1. The molecule has 200 valence electrons. The number of hydrogen-bond acceptors (Lipinski definition) is 6. The fraction of sp³-hybridized carbons (Fsp3) is 0.720. The maximum atomic E-state index is 13.0. The van der Waals surface area contributed by atoms with Crippen LogP contribution in [0.3, 0.4) is 0 Å². The molecule has 0 saturated carbocycles. The first-order chi connectivity index (χ1) is 16.2. The molecule has 9 nitrogen and oxygen atoms in total. The van der Waals surface area contributed by atoms with E-state index in [9.17, 15) is 9.00 Å². The summed E-state index contributed by atoms with van der Waals surface area (Å²) in [4.78, 5) is 20.2. The van der Waals surface area contributed by atoms with E-state index in [0.29, 0.717) is 25.1 Å². The van der Waals surface area contributed by atoms with Crippen molar-refractivity contribution >= 4 is 16.9 Å². The van der Waals surface area contributed by atoms with Crippen LogP contribution in [0.25, 0.3) is 0 Å². The second kappa shape index (κ2) is 13.7. The summed E-state index contributed by atoms with van der Waals surface area (Å²) < 4.78 is 25.7. The number of piperidine rings is 1. The van der Waals surface area contributed by atoms with Crippen LogP contribution in [0.5, 0.6) is 5.75 Å². The quantitative estimate of drug-likeness (QED) is 0.410. The van der Waals surface area contributed by atoms with Crippen LogP contribution in [0.2, 0.25) is 0 Å². The van der Waals surface area contributed by atoms with Crippen molar-refractivity contribution in [3.63, 3.8) is 0 Å². The highest BCUT2D eigenvalue weighted by Crippen LogP contribution is 2.26. The van der Waals surface area contributed by atoms with Gasteiger partial charge in [0.15, 0.2) is 0 Å². The van der Waals surface area contributed by atoms with Gasteiger partial charge in [-0.3, -0.25) is 9.69 Å². The third kappa shape index (κ3) is 7.96. The molecule has 2 atom stereocenters. The molecule has 2 unspecified atom stereocenters. The zero-order chi connectivity index (χ0) is 24.8. The highest BCUT2D eigenvalue weighted by atomic mass is 32.2. The lowest BCUT2D eigenvalue weighted by Gasteiger charge is -2.47. The lowest BCUT2D eigenvalue weighted by Crippen LogP contribution is -2.60. The lowest BCUT2D eigenvalue weighted by atomic mass is 9.94. The average molecular weight is 513 g/mol. The third-order valence-corrected chi connectivity index (χ3v) is 8.71. The van der Waals surface area contributed by atoms with E-state index in [0.717, 1.165) is 48.0 Å². The molecule has 2 fully saturated rings. The van der Waals surface area contributed by atoms with E-state index in [4.69, 9.17) is 9.47 Å². The number of ether oxygens (including phenoxy) is 2. The Hall–Kier alpha value is -1.56. The van der Waals surface area contributed by atoms with Crippen molar-refractivity contribution in [3.8, 4) is 5.75 Å². The Morgan fingerprint density at radius 1 is 1.17 bits per heavy atom. The second-order valence-electron chi connectivity index (χ2n) is 9.90. The van der Waals surface area contributed by atoms with Crippen LogP contribution in [-0.4, -0.2) is 121 Å². The van der Waals surface area contributed by atoms with Gasteiger partial charge in [-0.1, -0.05) is 0 Å². The largest absolute Gasteiger partial charge is 0.497 e. The zero-order valence-electron chi connectivity index (χ0n) is 22.2. The van der Waals surface area contributed by atoms with Crippen LogP contribution in [-0.2, 0) is 20.5 Å². The Balaban J connectivity index is 0.00000432. The number of nitrogens with zero attached hydrogens (tertiary/aromatic N) is 4. The normalized spacial score (nSPS) is 20.3. The number of likely N-dealkylation sites (tertiary alicyclic amines) is 2. The van der Waals surface area contributed by atoms with Gasteiger partial charge in [0.25, 0.3) is 0 Å². The molecule has 2 saturated heterocycles. The van der Waals surface area contributed by atoms with Crippen molar-refractivity contribution in [2.75, 3.05) is 80.7 Å². The van der Waals surface area contributed by atoms with E-state index in [1.165, 1.54) is 19.4 Å². The number of amides is 1. The monoisotopic (exact) mass is 512 g/mol. The van der Waals surface area contributed by atoms with Crippen LogP contribution in [0.1, 0.15) is 24.0 Å². The average Bonchev–Trinajstić information content (AvgIpc) is 2.78. The van der Waals surface area contributed by atoms with E-state index in [1.54, 1.807) is 11.4 Å². The van der Waals surface area contributed by atoms with Crippen molar-refractivity contribution in [2.24, 2.45) is 5.92 Å². The molecular formula is C25H44N4O5S. The fourth-order valence-electron chi connectivity index (χ4n) is 4.97. The van der Waals surface area contributed by atoms with Gasteiger partial charge in [0.2, 0.25) is 5.91 Å². The SMILES string of the molecule is COc1cc(C)c(S(=O)N(C)CCOCC(=O)N(C)CC2CCCN(C3CN(C)C3)C2)c(C)c1.O. The maximum Gasteiger partial charge on any atom is 0.248 e. The molecular weight excluding hydrogens is 468 g/mol. The van der Waals surface area contributed by atoms with Gasteiger partial charge in [-0.15, -0.1) is 0 Å². The fourth-order valence-corrected chi connectivity index (χ4v) is 6.19. The topological polar surface area (TPSA) is 97.1 Å². The number of likely N-dealkylation sites (N-methyl/N-ethyl adjacent to an activating group) is 3. The predicted molar refractivity (Wildman–Crippen MR) is 139 cm³/mol. The molecule has 1 amide bonds. The van der Waals surface area contributed by atoms with Crippen molar-refractivity contribution in [1.82, 2.24) is 19.0 Å². The molecule has 1 aromatic carbocycles. The molecule has 0 aromatic heterocycles. The number of rotatable bonds is 11. The second-order valence-corrected chi connectivity index (χ2v) is 11.4. The van der Waals surface area contributed by atoms with E-state index in [2.05, 4.69) is 16.8 Å². The van der Waals surface area contributed by atoms with Crippen LogP contribution >= 0.6 is 0 Å². The minimum atomic E-state index is -1.30. The Bertz CT molecular complexity index is 841. The molecule has 2 aliphatic rings. The molecule has 0 aliphatic carbocycles. The van der Waals surface area contributed by atoms with Gasteiger partial charge in [0, 0.05) is 52.9 Å². The first kappa shape index (κ1) is 29.7. The molecule has 3 rings (SSSR count). The summed E-state index contributed by atoms with van der Waals surface area (Å²) in [6, 6.07) is 4.48. The van der Waals surface area contributed by atoms with E-state index < -0.39 is 11.0 Å². The Labute approximate surface area is 213 Å². The number of aryl methyl sites for hydroxylation is 2. The van der Waals surface area contributed by atoms with Crippen molar-refractivity contribution < 1.29 is 24.0 Å². The standard InChI is InChI=1S/C25H42N4O4S.H2O/c1-19-12-23(32-6)13-20(2)25(19)34(31)28(5)10-11-33-18-24(30)27(4)14-21-8-7-9-29(15-21)22-16-26(3)17-22;/h12-13,21-22H,7-11,14-18H2,1-6H3;1H2. The minimum Gasteiger partial charge on any atom is -0.497 e. The summed E-state index contributed by atoms with van der Waals surface area (Å²) in [6.07, 6.45) is 2.39. The summed E-state index contributed by atoms with van der Waals surface area (Å²) in [6.45, 7) is 10.1. The predicted octanol–water partition coefficient (Wildman–Crippen LogP) is 0.943. The molecule has 0 bridgehead atoms. The van der Waals surface area contributed by atoms with Gasteiger partial charge in [0.1, 0.15) is 23.3 Å². The van der Waals surface area contributed by atoms with Gasteiger partial charge in [-0.05, 0) is 69.5 Å². The smallest absolute Gasteiger partial charge is 0.248 e. The first-order valence-electron chi connectivity index (χ1n) is 12.2. The van der Waals surface area contributed by atoms with E-state index >= 15 is 0 Å². The van der Waals surface area contributed by atoms with Crippen molar-refractivity contribution in [3.05, 3.63) is 23.3 Å². The zero-order valence-corrected chi connectivity index (χ0v) is 23.0. The maximum absolute atomic E-state index is 13.0. The highest BCUT2D eigenvalue weighted by Gasteiger charge is 2.33. The summed E-state index contributed by atoms with van der Waals surface area (Å²) in [5.41, 5.74) is 1.87. The molecule has 10 heteroatoms. The number of benzene rings is 1. The van der Waals surface area contributed by atoms with E-state index in [1.807, 2.05) is 45.0 Å². The lowest BCUT2D eigenvalue weighted by molar-refractivity contribution is -0.135. The van der Waals surface area contributed by atoms with Crippen molar-refractivity contribution in [2.45, 2.75) is 37.6 Å². The van der Waals surface area contributed by atoms with Gasteiger partial charge >= 0.3 is 0 Å². The molecule has 2 heterocycles. The Kier molecular flexibility index (Phi) is 11.6. The van der Waals surface area contributed by atoms with Crippen LogP contribution in [0, 0.1) is 19.8 Å². The van der Waals surface area contributed by atoms with Crippen LogP contribution in [0.15, 0.2) is 17.0 Å². The summed E-state index contributed by atoms with van der Waals surface area (Å²) in [5.74, 6) is 1.30. The molecule has 2 aliphatic heterocycles. The summed E-state index contributed by atoms with van der Waals surface area (Å²) in [5, 5.41) is 0. The Morgan fingerprint density at radius 2 is 1.83 bits per heavy atom. The molecule has 35 heavy (non-hydrogen) atoms. The Morgan fingerprint density at radius 3 is 2.43 bits per heavy atom. The first-order valence-corrected chi connectivity index (χ1v) is 13.3. The molecule has 1 aromatic rings. The van der Waals surface area contributed by atoms with Gasteiger partial charge in [0.05, 0.1) is 18.6 Å². The molecule has 2 N–H and O–H groups in total. The number of methoxy groups -OCH3 is 1. The summed E-state index contributed by atoms with van der Waals surface area (Å²) >= 11 is 0. The van der Waals surface area contributed by atoms with Gasteiger partial charge in [-0.2, -0.15) is 0 Å². The van der Waals surface area contributed by atoms with Gasteiger partial charge in [-0.25, -0.2) is 8.51 Å².